The van der Waals surface area contributed by atoms with Crippen molar-refractivity contribution in [3.05, 3.63) is 28.3 Å². The topological polar surface area (TPSA) is 39.6 Å². The van der Waals surface area contributed by atoms with E-state index in [9.17, 15) is 4.39 Å². The van der Waals surface area contributed by atoms with Crippen LogP contribution in [0.25, 0.3) is 0 Å². The van der Waals surface area contributed by atoms with E-state index in [-0.39, 0.29) is 10.2 Å². The minimum atomic E-state index is -0.671. The van der Waals surface area contributed by atoms with E-state index in [1.165, 1.54) is 12.1 Å². The van der Waals surface area contributed by atoms with Crippen LogP contribution in [0.4, 0.5) is 4.39 Å². The van der Waals surface area contributed by atoms with E-state index >= 15 is 0 Å². The molecule has 0 atom stereocenters. The van der Waals surface area contributed by atoms with Crippen LogP contribution in [0.5, 0.6) is 0 Å². The Bertz CT molecular complexity index is 336. The predicted molar refractivity (Wildman–Crippen MR) is 36.3 cm³/mol. The monoisotopic (exact) mass is 154 g/mol. The molecule has 0 aromatic carbocycles. The Morgan fingerprint density at radius 2 is 2.30 bits per heavy atom. The third-order valence-electron chi connectivity index (χ3n) is 0.991. The van der Waals surface area contributed by atoms with E-state index in [4.69, 9.17) is 5.26 Å². The Morgan fingerprint density at radius 1 is 1.60 bits per heavy atom. The molecule has 0 saturated carbocycles. The highest BCUT2D eigenvalue weighted by Gasteiger charge is 1.97. The largest absolute Gasteiger partial charge is 0.322 e. The van der Waals surface area contributed by atoms with Crippen LogP contribution in [-0.2, 0) is 0 Å². The van der Waals surface area contributed by atoms with Crippen LogP contribution in [0.2, 0.25) is 0 Å². The third kappa shape index (κ3) is 1.20. The van der Waals surface area contributed by atoms with E-state index in [0.29, 0.717) is 0 Å². The highest BCUT2D eigenvalue weighted by Crippen LogP contribution is 2.00. The van der Waals surface area contributed by atoms with Gasteiger partial charge in [0.25, 0.3) is 0 Å². The van der Waals surface area contributed by atoms with Crippen molar-refractivity contribution in [2.24, 2.45) is 0 Å². The summed E-state index contributed by atoms with van der Waals surface area (Å²) in [4.78, 5) is 2.22. The molecule has 1 rings (SSSR count). The van der Waals surface area contributed by atoms with Crippen LogP contribution in [0, 0.1) is 21.9 Å². The average molecular weight is 154 g/mol. The molecule has 0 bridgehead atoms. The Balaban J connectivity index is 3.37. The molecular weight excluding hydrogens is 151 g/mol. The molecule has 1 aromatic rings. The van der Waals surface area contributed by atoms with Crippen molar-refractivity contribution in [2.75, 3.05) is 0 Å². The number of nitriles is 1. The summed E-state index contributed by atoms with van der Waals surface area (Å²) < 4.78 is 12.8. The zero-order chi connectivity index (χ0) is 7.56. The number of H-pyrrole nitrogens is 1. The molecule has 10 heavy (non-hydrogen) atoms. The molecular formula is C6H3FN2S. The maximum absolute atomic E-state index is 12.5. The number of halogens is 1. The molecule has 50 valence electrons. The van der Waals surface area contributed by atoms with Gasteiger partial charge in [-0.3, -0.25) is 0 Å². The van der Waals surface area contributed by atoms with Gasteiger partial charge in [-0.1, -0.05) is 12.2 Å². The fourth-order valence-corrected chi connectivity index (χ4v) is 0.693. The molecule has 1 heterocycles. The highest BCUT2D eigenvalue weighted by atomic mass is 32.1. The van der Waals surface area contributed by atoms with Crippen molar-refractivity contribution in [1.82, 2.24) is 4.98 Å². The summed E-state index contributed by atoms with van der Waals surface area (Å²) in [5, 5.41) is 8.27. The van der Waals surface area contributed by atoms with Gasteiger partial charge >= 0.3 is 0 Å². The number of nitrogens with one attached hydrogen (secondary N) is 1. The van der Waals surface area contributed by atoms with Gasteiger partial charge in [-0.25, -0.2) is 0 Å². The predicted octanol–water partition coefficient (Wildman–Crippen LogP) is 1.75. The van der Waals surface area contributed by atoms with E-state index in [2.05, 4.69) is 17.2 Å². The molecule has 0 saturated heterocycles. The van der Waals surface area contributed by atoms with E-state index in [1.807, 2.05) is 0 Å². The second kappa shape index (κ2) is 2.58. The van der Waals surface area contributed by atoms with Crippen LogP contribution < -0.4 is 0 Å². The van der Waals surface area contributed by atoms with Crippen molar-refractivity contribution in [3.63, 3.8) is 0 Å². The minimum absolute atomic E-state index is 0.0198. The first-order valence-corrected chi connectivity index (χ1v) is 2.94. The molecule has 4 heteroatoms. The zero-order valence-corrected chi connectivity index (χ0v) is 5.70. The molecule has 1 N–H and O–H groups in total. The number of aromatic nitrogens is 1. The molecule has 0 aliphatic heterocycles. The van der Waals surface area contributed by atoms with Gasteiger partial charge in [0.1, 0.15) is 16.3 Å². The first kappa shape index (κ1) is 6.90. The van der Waals surface area contributed by atoms with E-state index < -0.39 is 5.95 Å². The smallest absolute Gasteiger partial charge is 0.210 e. The quantitative estimate of drug-likeness (QED) is 0.456. The molecule has 0 aliphatic carbocycles. The van der Waals surface area contributed by atoms with Gasteiger partial charge in [-0.05, 0) is 12.1 Å². The number of aromatic amines is 1. The molecule has 0 unspecified atom stereocenters. The molecule has 0 amide bonds. The van der Waals surface area contributed by atoms with E-state index in [0.717, 1.165) is 0 Å². The second-order valence-corrected chi connectivity index (χ2v) is 2.10. The summed E-state index contributed by atoms with van der Waals surface area (Å²) in [5.41, 5.74) is -0.0198. The van der Waals surface area contributed by atoms with Crippen LogP contribution in [-0.4, -0.2) is 4.98 Å². The number of hydrogen-bond donors (Lipinski definition) is 1. The maximum Gasteiger partial charge on any atom is 0.210 e. The Kier molecular flexibility index (Phi) is 1.78. The van der Waals surface area contributed by atoms with Crippen LogP contribution in [0.15, 0.2) is 12.1 Å². The summed E-state index contributed by atoms with van der Waals surface area (Å²) >= 11 is 4.60. The molecule has 0 spiro atoms. The lowest BCUT2D eigenvalue weighted by molar-refractivity contribution is 0.578. The summed E-state index contributed by atoms with van der Waals surface area (Å²) in [5.74, 6) is -0.671. The number of hydrogen-bond acceptors (Lipinski definition) is 2. The van der Waals surface area contributed by atoms with Crippen molar-refractivity contribution in [3.8, 4) is 6.07 Å². The molecule has 0 radical (unpaired) electrons. The van der Waals surface area contributed by atoms with Crippen LogP contribution in [0.1, 0.15) is 5.56 Å². The van der Waals surface area contributed by atoms with Gasteiger partial charge in [0.15, 0.2) is 0 Å². The standard InChI is InChI=1S/C6H3FN2S/c7-6-4(3-8)1-2-5(10)9-6/h1-2H,(H,9,10). The molecule has 0 fully saturated rings. The average Bonchev–Trinajstić information content (AvgIpc) is 1.88. The summed E-state index contributed by atoms with van der Waals surface area (Å²) in [6.07, 6.45) is 0. The zero-order valence-electron chi connectivity index (χ0n) is 4.89. The van der Waals surface area contributed by atoms with Gasteiger partial charge in [0, 0.05) is 0 Å². The summed E-state index contributed by atoms with van der Waals surface area (Å²) in [6, 6.07) is 4.48. The molecule has 0 aliphatic rings. The van der Waals surface area contributed by atoms with Crippen molar-refractivity contribution in [1.29, 1.82) is 5.26 Å². The highest BCUT2D eigenvalue weighted by molar-refractivity contribution is 7.71. The third-order valence-corrected chi connectivity index (χ3v) is 1.23. The van der Waals surface area contributed by atoms with Gasteiger partial charge < -0.3 is 4.98 Å². The van der Waals surface area contributed by atoms with Crippen molar-refractivity contribution in [2.45, 2.75) is 0 Å². The van der Waals surface area contributed by atoms with Gasteiger partial charge in [-0.2, -0.15) is 9.65 Å². The van der Waals surface area contributed by atoms with Crippen LogP contribution in [0.3, 0.4) is 0 Å². The van der Waals surface area contributed by atoms with Crippen LogP contribution >= 0.6 is 12.2 Å². The molecule has 1 aromatic heterocycles. The lowest BCUT2D eigenvalue weighted by Gasteiger charge is -1.89. The minimum Gasteiger partial charge on any atom is -0.322 e. The number of pyridine rings is 1. The fraction of sp³-hybridized carbons (Fsp3) is 0. The maximum atomic E-state index is 12.5. The van der Waals surface area contributed by atoms with Gasteiger partial charge in [0.05, 0.1) is 0 Å². The summed E-state index contributed by atoms with van der Waals surface area (Å²) in [7, 11) is 0. The van der Waals surface area contributed by atoms with Gasteiger partial charge in [-0.15, -0.1) is 0 Å². The van der Waals surface area contributed by atoms with Crippen molar-refractivity contribution < 1.29 is 4.39 Å². The Labute approximate surface area is 61.9 Å². The normalized spacial score (nSPS) is 8.80. The van der Waals surface area contributed by atoms with Crippen molar-refractivity contribution >= 4 is 12.2 Å². The lowest BCUT2D eigenvalue weighted by Crippen LogP contribution is -1.87. The number of rotatable bonds is 0. The lowest BCUT2D eigenvalue weighted by atomic mass is 10.3. The summed E-state index contributed by atoms with van der Waals surface area (Å²) in [6.45, 7) is 0. The fourth-order valence-electron chi connectivity index (χ4n) is 0.536. The Morgan fingerprint density at radius 3 is 2.80 bits per heavy atom. The first-order chi connectivity index (χ1) is 4.74. The second-order valence-electron chi connectivity index (χ2n) is 1.66. The molecule has 2 nitrogen and oxygen atoms in total. The Hall–Kier alpha value is -1.21. The first-order valence-electron chi connectivity index (χ1n) is 2.53. The SMILES string of the molecule is N#Cc1ccc(=S)[nH]c1F. The van der Waals surface area contributed by atoms with Gasteiger partial charge in [0.2, 0.25) is 5.95 Å². The number of nitrogens with zero attached hydrogens (tertiary/aromatic N) is 1. The van der Waals surface area contributed by atoms with E-state index in [1.54, 1.807) is 6.07 Å².